The lowest BCUT2D eigenvalue weighted by Crippen LogP contribution is -2.64. The highest BCUT2D eigenvalue weighted by Crippen LogP contribution is 2.67. The van der Waals surface area contributed by atoms with Crippen LogP contribution >= 0.6 is 0 Å². The van der Waals surface area contributed by atoms with Crippen molar-refractivity contribution in [2.24, 2.45) is 39.9 Å². The smallest absolute Gasteiger partial charge is 0.338 e. The maximum absolute atomic E-state index is 13.7. The van der Waals surface area contributed by atoms with Gasteiger partial charge in [-0.25, -0.2) is 9.59 Å². The van der Waals surface area contributed by atoms with Crippen LogP contribution < -0.4 is 0 Å². The van der Waals surface area contributed by atoms with E-state index in [4.69, 9.17) is 14.2 Å². The number of allylic oxidation sites excluding steroid dienone is 3. The summed E-state index contributed by atoms with van der Waals surface area (Å²) in [6.07, 6.45) is 3.53. The van der Waals surface area contributed by atoms with Crippen LogP contribution in [0.5, 0.6) is 0 Å². The van der Waals surface area contributed by atoms with Gasteiger partial charge in [-0.3, -0.25) is 4.79 Å². The number of benzene rings is 2. The maximum Gasteiger partial charge on any atom is 0.338 e. The molecule has 9 atom stereocenters. The summed E-state index contributed by atoms with van der Waals surface area (Å²) in [6.45, 7) is 20.9. The molecule has 0 saturated heterocycles. The SMILES string of the molecule is C=C(CC[C@@H](C)[C@H]1CC=C2C3=C([C@@H](O)[C@H](OC(C)=O)C21C)[C@@]1(C)C[C@@H](OC(=O)c2ccccc2)C(OC(=O)c2ccccc2)C(C)(C)[C@@H]1CC3)C(C)C. The average Bonchev–Trinajstić information content (AvgIpc) is 3.48. The van der Waals surface area contributed by atoms with Crippen LogP contribution in [-0.4, -0.2) is 47.4 Å². The zero-order valence-electron chi connectivity index (χ0n) is 32.8. The third-order valence-electron chi connectivity index (χ3n) is 13.6. The van der Waals surface area contributed by atoms with Crippen LogP contribution in [0.1, 0.15) is 115 Å². The van der Waals surface area contributed by atoms with Gasteiger partial charge >= 0.3 is 17.9 Å². The third kappa shape index (κ3) is 6.83. The summed E-state index contributed by atoms with van der Waals surface area (Å²) in [6, 6.07) is 17.7. The Morgan fingerprint density at radius 1 is 0.868 bits per heavy atom. The molecular formula is C46H58O7. The molecule has 4 aliphatic rings. The number of ether oxygens (including phenoxy) is 3. The van der Waals surface area contributed by atoms with Crippen molar-refractivity contribution in [3.63, 3.8) is 0 Å². The molecule has 2 unspecified atom stereocenters. The molecule has 0 amide bonds. The van der Waals surface area contributed by atoms with Gasteiger partial charge in [-0.2, -0.15) is 0 Å². The molecule has 284 valence electrons. The van der Waals surface area contributed by atoms with Crippen molar-refractivity contribution in [2.45, 2.75) is 118 Å². The first-order valence-corrected chi connectivity index (χ1v) is 19.5. The van der Waals surface area contributed by atoms with Crippen molar-refractivity contribution >= 4 is 17.9 Å². The van der Waals surface area contributed by atoms with Crippen LogP contribution in [0.2, 0.25) is 0 Å². The summed E-state index contributed by atoms with van der Waals surface area (Å²) in [5.41, 5.74) is 3.33. The molecule has 1 N–H and O–H groups in total. The molecule has 2 aromatic rings. The number of aliphatic hydroxyl groups excluding tert-OH is 1. The van der Waals surface area contributed by atoms with Crippen molar-refractivity contribution in [2.75, 3.05) is 0 Å². The molecule has 0 bridgehead atoms. The van der Waals surface area contributed by atoms with Gasteiger partial charge in [-0.1, -0.05) is 103 Å². The number of fused-ring (bicyclic) bond motifs is 4. The number of hydrogen-bond donors (Lipinski definition) is 1. The number of esters is 3. The van der Waals surface area contributed by atoms with Gasteiger partial charge in [0.2, 0.25) is 0 Å². The van der Waals surface area contributed by atoms with E-state index >= 15 is 0 Å². The minimum Gasteiger partial charge on any atom is -0.458 e. The summed E-state index contributed by atoms with van der Waals surface area (Å²) >= 11 is 0. The topological polar surface area (TPSA) is 99.1 Å². The van der Waals surface area contributed by atoms with Crippen LogP contribution in [0.25, 0.3) is 0 Å². The predicted molar refractivity (Wildman–Crippen MR) is 206 cm³/mol. The van der Waals surface area contributed by atoms with Crippen molar-refractivity contribution in [1.29, 1.82) is 0 Å². The Balaban J connectivity index is 1.41. The molecule has 6 rings (SSSR count). The number of carbonyl (C=O) groups is 3. The van der Waals surface area contributed by atoms with Gasteiger partial charge in [0.1, 0.15) is 24.4 Å². The minimum atomic E-state index is -1.06. The molecule has 7 nitrogen and oxygen atoms in total. The fraction of sp³-hybridized carbons (Fsp3) is 0.543. The van der Waals surface area contributed by atoms with Crippen molar-refractivity contribution < 1.29 is 33.7 Å². The minimum absolute atomic E-state index is 0.0512. The first-order chi connectivity index (χ1) is 25.0. The van der Waals surface area contributed by atoms with E-state index < -0.39 is 58.6 Å². The molecule has 2 aromatic carbocycles. The van der Waals surface area contributed by atoms with E-state index in [0.717, 1.165) is 43.3 Å². The molecule has 0 aromatic heterocycles. The van der Waals surface area contributed by atoms with E-state index in [1.165, 1.54) is 18.1 Å². The molecule has 1 fully saturated rings. The van der Waals surface area contributed by atoms with Crippen molar-refractivity contribution in [1.82, 2.24) is 0 Å². The van der Waals surface area contributed by atoms with E-state index in [1.54, 1.807) is 48.5 Å². The van der Waals surface area contributed by atoms with Gasteiger partial charge in [-0.05, 0) is 109 Å². The van der Waals surface area contributed by atoms with E-state index in [0.29, 0.717) is 29.4 Å². The zero-order chi connectivity index (χ0) is 38.5. The molecule has 0 radical (unpaired) electrons. The quantitative estimate of drug-likeness (QED) is 0.148. The third-order valence-corrected chi connectivity index (χ3v) is 13.6. The summed E-state index contributed by atoms with van der Waals surface area (Å²) in [5, 5.41) is 12.7. The van der Waals surface area contributed by atoms with Crippen LogP contribution in [0.3, 0.4) is 0 Å². The number of carbonyl (C=O) groups excluding carboxylic acids is 3. The Morgan fingerprint density at radius 2 is 1.45 bits per heavy atom. The molecule has 53 heavy (non-hydrogen) atoms. The molecule has 7 heteroatoms. The first kappa shape index (κ1) is 38.7. The normalized spacial score (nSPS) is 32.1. The van der Waals surface area contributed by atoms with E-state index in [2.05, 4.69) is 61.1 Å². The van der Waals surface area contributed by atoms with E-state index in [-0.39, 0.29) is 11.8 Å². The van der Waals surface area contributed by atoms with Crippen LogP contribution in [-0.2, 0) is 19.0 Å². The highest BCUT2D eigenvalue weighted by molar-refractivity contribution is 5.90. The van der Waals surface area contributed by atoms with Crippen LogP contribution in [0.4, 0.5) is 0 Å². The van der Waals surface area contributed by atoms with Gasteiger partial charge < -0.3 is 19.3 Å². The lowest BCUT2D eigenvalue weighted by Gasteiger charge is -2.62. The fourth-order valence-corrected chi connectivity index (χ4v) is 10.9. The van der Waals surface area contributed by atoms with Gasteiger partial charge in [0, 0.05) is 17.8 Å². The average molecular weight is 723 g/mol. The Morgan fingerprint density at radius 3 is 2.02 bits per heavy atom. The Hall–Kier alpha value is -3.97. The number of aliphatic hydroxyl groups is 1. The predicted octanol–water partition coefficient (Wildman–Crippen LogP) is 9.47. The van der Waals surface area contributed by atoms with Crippen LogP contribution in [0, 0.1) is 39.9 Å². The van der Waals surface area contributed by atoms with Gasteiger partial charge in [0.25, 0.3) is 0 Å². The molecule has 4 aliphatic carbocycles. The second-order valence-corrected chi connectivity index (χ2v) is 17.5. The monoisotopic (exact) mass is 722 g/mol. The Kier molecular flexibility index (Phi) is 10.7. The summed E-state index contributed by atoms with van der Waals surface area (Å²) in [4.78, 5) is 40.3. The summed E-state index contributed by atoms with van der Waals surface area (Å²) < 4.78 is 19.0. The largest absolute Gasteiger partial charge is 0.458 e. The highest BCUT2D eigenvalue weighted by Gasteiger charge is 2.66. The molecule has 1 saturated carbocycles. The first-order valence-electron chi connectivity index (χ1n) is 19.5. The second-order valence-electron chi connectivity index (χ2n) is 17.5. The van der Waals surface area contributed by atoms with Crippen molar-refractivity contribution in [3.8, 4) is 0 Å². The van der Waals surface area contributed by atoms with Gasteiger partial charge in [0.15, 0.2) is 0 Å². The van der Waals surface area contributed by atoms with Crippen LogP contribution in [0.15, 0.2) is 95.6 Å². The van der Waals surface area contributed by atoms with E-state index in [9.17, 15) is 19.5 Å². The standard InChI is InChI=1S/C46H58O7/c1-27(2)28(3)20-21-29(4)34-23-24-35-33-22-25-37-44(6,7)40(53-43(50)32-18-14-11-15-19-32)36(52-42(49)31-16-12-10-13-17-31)26-45(37,8)38(33)39(48)41(46(34,35)9)51-30(5)47/h10-19,24,27,29,34,36-37,39-41,48H,3,20-23,25-26H2,1-2,4-9H3/t29-,34-,36-,37+,39-,40?,41+,45+,46?/m1/s1. The molecule has 0 heterocycles. The van der Waals surface area contributed by atoms with Gasteiger partial charge in [-0.15, -0.1) is 0 Å². The maximum atomic E-state index is 13.7. The lowest BCUT2D eigenvalue weighted by molar-refractivity contribution is -0.178. The second kappa shape index (κ2) is 14.7. The fourth-order valence-electron chi connectivity index (χ4n) is 10.9. The number of hydrogen-bond acceptors (Lipinski definition) is 7. The van der Waals surface area contributed by atoms with E-state index in [1.807, 2.05) is 12.1 Å². The summed E-state index contributed by atoms with van der Waals surface area (Å²) in [5.74, 6) is -0.552. The highest BCUT2D eigenvalue weighted by atomic mass is 16.6. The van der Waals surface area contributed by atoms with Gasteiger partial charge in [0.05, 0.1) is 11.1 Å². The van der Waals surface area contributed by atoms with Crippen molar-refractivity contribution in [3.05, 3.63) is 107 Å². The zero-order valence-corrected chi connectivity index (χ0v) is 32.8. The number of rotatable bonds is 10. The molecule has 0 aliphatic heterocycles. The molecule has 0 spiro atoms. The Labute approximate surface area is 315 Å². The Bertz CT molecular complexity index is 1790. The lowest BCUT2D eigenvalue weighted by atomic mass is 9.45. The summed E-state index contributed by atoms with van der Waals surface area (Å²) in [7, 11) is 0. The molecular weight excluding hydrogens is 664 g/mol.